The Bertz CT molecular complexity index is 645. The van der Waals surface area contributed by atoms with Gasteiger partial charge in [0.05, 0.1) is 5.92 Å². The molecular formula is C19H23ClN2O. The Kier molecular flexibility index (Phi) is 6.20. The molecule has 2 aromatic rings. The van der Waals surface area contributed by atoms with Crippen LogP contribution in [0.4, 0.5) is 0 Å². The minimum Gasteiger partial charge on any atom is -0.354 e. The molecule has 3 nitrogen and oxygen atoms in total. The summed E-state index contributed by atoms with van der Waals surface area (Å²) in [6.45, 7) is 0.474. The van der Waals surface area contributed by atoms with Gasteiger partial charge in [0.15, 0.2) is 0 Å². The van der Waals surface area contributed by atoms with Gasteiger partial charge in [-0.1, -0.05) is 54.6 Å². The molecule has 2 unspecified atom stereocenters. The van der Waals surface area contributed by atoms with Crippen LogP contribution in [-0.2, 0) is 11.2 Å². The molecule has 0 bridgehead atoms. The number of fused-ring (bicyclic) bond motifs is 1. The number of carbonyl (C=O) groups excluding carboxylic acids is 1. The number of hydrogen-bond acceptors (Lipinski definition) is 2. The molecular weight excluding hydrogens is 308 g/mol. The maximum atomic E-state index is 12.5. The zero-order valence-corrected chi connectivity index (χ0v) is 13.9. The monoisotopic (exact) mass is 330 g/mol. The van der Waals surface area contributed by atoms with Crippen LogP contribution >= 0.6 is 12.4 Å². The van der Waals surface area contributed by atoms with Crippen molar-refractivity contribution in [3.63, 3.8) is 0 Å². The van der Waals surface area contributed by atoms with Gasteiger partial charge in [0.2, 0.25) is 5.91 Å². The van der Waals surface area contributed by atoms with E-state index in [0.29, 0.717) is 6.54 Å². The maximum Gasteiger partial charge on any atom is 0.227 e. The number of benzene rings is 2. The molecule has 0 heterocycles. The lowest BCUT2D eigenvalue weighted by molar-refractivity contribution is -0.122. The Balaban J connectivity index is 0.00000192. The highest BCUT2D eigenvalue weighted by Crippen LogP contribution is 2.31. The molecule has 2 atom stereocenters. The molecule has 0 saturated carbocycles. The normalized spacial score (nSPS) is 17.5. The van der Waals surface area contributed by atoms with E-state index in [0.717, 1.165) is 24.8 Å². The second kappa shape index (κ2) is 8.14. The van der Waals surface area contributed by atoms with E-state index in [1.54, 1.807) is 0 Å². The fourth-order valence-electron chi connectivity index (χ4n) is 3.18. The van der Waals surface area contributed by atoms with Crippen LogP contribution in [0.5, 0.6) is 0 Å². The van der Waals surface area contributed by atoms with E-state index in [9.17, 15) is 4.79 Å². The van der Waals surface area contributed by atoms with Crippen molar-refractivity contribution in [2.24, 2.45) is 5.73 Å². The molecule has 0 aliphatic heterocycles. The van der Waals surface area contributed by atoms with Crippen molar-refractivity contribution >= 4 is 18.3 Å². The van der Waals surface area contributed by atoms with Gasteiger partial charge in [-0.2, -0.15) is 0 Å². The average molecular weight is 331 g/mol. The van der Waals surface area contributed by atoms with Gasteiger partial charge >= 0.3 is 0 Å². The van der Waals surface area contributed by atoms with Crippen LogP contribution in [0, 0.1) is 0 Å². The second-order valence-corrected chi connectivity index (χ2v) is 5.91. The number of rotatable bonds is 4. The molecule has 0 radical (unpaired) electrons. The fourth-order valence-corrected chi connectivity index (χ4v) is 3.18. The Morgan fingerprint density at radius 3 is 2.61 bits per heavy atom. The summed E-state index contributed by atoms with van der Waals surface area (Å²) in [4.78, 5) is 12.5. The SMILES string of the molecule is Cl.NC(CNC(=O)C1CCCc2ccccc21)c1ccccc1. The molecule has 0 saturated heterocycles. The molecule has 1 aliphatic carbocycles. The summed E-state index contributed by atoms with van der Waals surface area (Å²) in [5.74, 6) is 0.0615. The smallest absolute Gasteiger partial charge is 0.227 e. The fraction of sp³-hybridized carbons (Fsp3) is 0.316. The number of nitrogens with one attached hydrogen (secondary N) is 1. The summed E-state index contributed by atoms with van der Waals surface area (Å²) >= 11 is 0. The molecule has 0 aromatic heterocycles. The lowest BCUT2D eigenvalue weighted by Crippen LogP contribution is -2.36. The van der Waals surface area contributed by atoms with E-state index in [-0.39, 0.29) is 30.3 Å². The minimum atomic E-state index is -0.163. The molecule has 1 aliphatic rings. The van der Waals surface area contributed by atoms with Gasteiger partial charge in [-0.25, -0.2) is 0 Å². The van der Waals surface area contributed by atoms with Crippen LogP contribution in [0.25, 0.3) is 0 Å². The summed E-state index contributed by atoms with van der Waals surface area (Å²) in [5.41, 5.74) is 9.69. The number of carbonyl (C=O) groups is 1. The summed E-state index contributed by atoms with van der Waals surface area (Å²) in [7, 11) is 0. The number of aryl methyl sites for hydroxylation is 1. The lowest BCUT2D eigenvalue weighted by Gasteiger charge is -2.25. The van der Waals surface area contributed by atoms with Gasteiger partial charge < -0.3 is 11.1 Å². The van der Waals surface area contributed by atoms with E-state index < -0.39 is 0 Å². The quantitative estimate of drug-likeness (QED) is 0.903. The van der Waals surface area contributed by atoms with Crippen LogP contribution in [0.15, 0.2) is 54.6 Å². The average Bonchev–Trinajstić information content (AvgIpc) is 2.59. The predicted octanol–water partition coefficient (Wildman–Crippen LogP) is 3.34. The van der Waals surface area contributed by atoms with E-state index in [1.165, 1.54) is 11.1 Å². The largest absolute Gasteiger partial charge is 0.354 e. The van der Waals surface area contributed by atoms with E-state index >= 15 is 0 Å². The number of halogens is 1. The molecule has 23 heavy (non-hydrogen) atoms. The van der Waals surface area contributed by atoms with Gasteiger partial charge in [-0.05, 0) is 36.0 Å². The molecule has 1 amide bonds. The summed E-state index contributed by atoms with van der Waals surface area (Å²) in [6.07, 6.45) is 3.06. The van der Waals surface area contributed by atoms with Crippen molar-refractivity contribution in [1.29, 1.82) is 0 Å². The van der Waals surface area contributed by atoms with Crippen LogP contribution < -0.4 is 11.1 Å². The van der Waals surface area contributed by atoms with Crippen molar-refractivity contribution < 1.29 is 4.79 Å². The van der Waals surface area contributed by atoms with Crippen molar-refractivity contribution in [1.82, 2.24) is 5.32 Å². The Hall–Kier alpha value is -1.84. The third-order valence-electron chi connectivity index (χ3n) is 4.41. The number of amides is 1. The van der Waals surface area contributed by atoms with Crippen LogP contribution in [0.2, 0.25) is 0 Å². The first-order chi connectivity index (χ1) is 10.8. The van der Waals surface area contributed by atoms with Crippen molar-refractivity contribution in [2.45, 2.75) is 31.2 Å². The van der Waals surface area contributed by atoms with Gasteiger partial charge in [-0.15, -0.1) is 12.4 Å². The maximum absolute atomic E-state index is 12.5. The first-order valence-corrected chi connectivity index (χ1v) is 7.92. The van der Waals surface area contributed by atoms with Crippen molar-refractivity contribution in [2.75, 3.05) is 6.54 Å². The first kappa shape index (κ1) is 17.5. The standard InChI is InChI=1S/C19H22N2O.ClH/c20-18(15-8-2-1-3-9-15)13-21-19(22)17-12-6-10-14-7-4-5-11-16(14)17;/h1-5,7-9,11,17-18H,6,10,12-13,20H2,(H,21,22);1H. The van der Waals surface area contributed by atoms with Crippen molar-refractivity contribution in [3.05, 3.63) is 71.3 Å². The highest BCUT2D eigenvalue weighted by atomic mass is 35.5. The second-order valence-electron chi connectivity index (χ2n) is 5.91. The molecule has 4 heteroatoms. The third kappa shape index (κ3) is 4.12. The Morgan fingerprint density at radius 1 is 1.13 bits per heavy atom. The zero-order valence-electron chi connectivity index (χ0n) is 13.1. The summed E-state index contributed by atoms with van der Waals surface area (Å²) in [5, 5.41) is 3.03. The van der Waals surface area contributed by atoms with E-state index in [1.807, 2.05) is 42.5 Å². The Morgan fingerprint density at radius 2 is 1.83 bits per heavy atom. The molecule has 3 rings (SSSR count). The first-order valence-electron chi connectivity index (χ1n) is 7.92. The van der Waals surface area contributed by atoms with Crippen LogP contribution in [0.1, 0.15) is 41.5 Å². The van der Waals surface area contributed by atoms with Gasteiger partial charge in [0.1, 0.15) is 0 Å². The Labute approximate surface area is 143 Å². The summed E-state index contributed by atoms with van der Waals surface area (Å²) in [6, 6.07) is 18.0. The van der Waals surface area contributed by atoms with Gasteiger partial charge in [-0.3, -0.25) is 4.79 Å². The summed E-state index contributed by atoms with van der Waals surface area (Å²) < 4.78 is 0. The molecule has 0 spiro atoms. The minimum absolute atomic E-state index is 0. The van der Waals surface area contributed by atoms with Gasteiger partial charge in [0.25, 0.3) is 0 Å². The van der Waals surface area contributed by atoms with Crippen LogP contribution in [0.3, 0.4) is 0 Å². The van der Waals surface area contributed by atoms with Gasteiger partial charge in [0, 0.05) is 12.6 Å². The highest BCUT2D eigenvalue weighted by Gasteiger charge is 2.26. The third-order valence-corrected chi connectivity index (χ3v) is 4.41. The van der Waals surface area contributed by atoms with E-state index in [2.05, 4.69) is 17.4 Å². The zero-order chi connectivity index (χ0) is 15.4. The van der Waals surface area contributed by atoms with Crippen LogP contribution in [-0.4, -0.2) is 12.5 Å². The van der Waals surface area contributed by atoms with E-state index in [4.69, 9.17) is 5.73 Å². The highest BCUT2D eigenvalue weighted by molar-refractivity contribution is 5.85. The number of nitrogens with two attached hydrogens (primary N) is 1. The molecule has 2 aromatic carbocycles. The lowest BCUT2D eigenvalue weighted by atomic mass is 9.82. The molecule has 0 fully saturated rings. The van der Waals surface area contributed by atoms with Crippen molar-refractivity contribution in [3.8, 4) is 0 Å². The molecule has 122 valence electrons. The topological polar surface area (TPSA) is 55.1 Å². The number of hydrogen-bond donors (Lipinski definition) is 2. The predicted molar refractivity (Wildman–Crippen MR) is 95.7 cm³/mol. The molecule has 3 N–H and O–H groups in total.